The van der Waals surface area contributed by atoms with Gasteiger partial charge in [0.2, 0.25) is 0 Å². The van der Waals surface area contributed by atoms with Gasteiger partial charge in [-0.15, -0.1) is 0 Å². The maximum atomic E-state index is 11.9. The number of fused-ring (bicyclic) bond motifs is 1. The number of hydrogen-bond donors (Lipinski definition) is 2. The molecule has 2 aromatic carbocycles. The first-order valence-corrected chi connectivity index (χ1v) is 6.77. The van der Waals surface area contributed by atoms with Gasteiger partial charge in [0.25, 0.3) is 5.91 Å². The van der Waals surface area contributed by atoms with Gasteiger partial charge >= 0.3 is 0 Å². The van der Waals surface area contributed by atoms with Crippen molar-refractivity contribution >= 4 is 34.6 Å². The van der Waals surface area contributed by atoms with Crippen molar-refractivity contribution in [1.82, 2.24) is 10.4 Å². The first-order valence-electron chi connectivity index (χ1n) is 6.40. The molecule has 0 aliphatic carbocycles. The minimum absolute atomic E-state index is 0.336. The van der Waals surface area contributed by atoms with E-state index in [9.17, 15) is 4.79 Å². The molecule has 1 heterocycles. The van der Waals surface area contributed by atoms with E-state index in [0.717, 1.165) is 16.5 Å². The lowest BCUT2D eigenvalue weighted by molar-refractivity contribution is 0.0955. The van der Waals surface area contributed by atoms with Crippen LogP contribution in [0.25, 0.3) is 10.9 Å². The number of amides is 1. The average molecular weight is 298 g/mol. The standard InChI is InChI=1S/C16H12ClN3O/c17-14-7-3-1-6-13(14)16(21)20-19-10-11-9-18-15-8-4-2-5-12(11)15/h1-10,18H,(H,20,21)/b19-10+. The second-order valence-electron chi connectivity index (χ2n) is 4.47. The molecular weight excluding hydrogens is 286 g/mol. The Bertz CT molecular complexity index is 823. The van der Waals surface area contributed by atoms with Crippen LogP contribution in [0.1, 0.15) is 15.9 Å². The number of nitrogens with one attached hydrogen (secondary N) is 2. The molecule has 104 valence electrons. The minimum atomic E-state index is -0.336. The van der Waals surface area contributed by atoms with Gasteiger partial charge in [-0.3, -0.25) is 4.79 Å². The highest BCUT2D eigenvalue weighted by Gasteiger charge is 2.08. The Hall–Kier alpha value is -2.59. The molecule has 3 aromatic rings. The maximum Gasteiger partial charge on any atom is 0.272 e. The van der Waals surface area contributed by atoms with Crippen LogP contribution < -0.4 is 5.43 Å². The number of aromatic amines is 1. The number of carbonyl (C=O) groups excluding carboxylic acids is 1. The number of benzene rings is 2. The lowest BCUT2D eigenvalue weighted by atomic mass is 10.2. The lowest BCUT2D eigenvalue weighted by Crippen LogP contribution is -2.17. The van der Waals surface area contributed by atoms with Gasteiger partial charge < -0.3 is 4.98 Å². The second-order valence-corrected chi connectivity index (χ2v) is 4.88. The number of hydrogen-bond acceptors (Lipinski definition) is 2. The molecule has 0 aliphatic rings. The number of carbonyl (C=O) groups is 1. The minimum Gasteiger partial charge on any atom is -0.361 e. The van der Waals surface area contributed by atoms with Gasteiger partial charge in [0.1, 0.15) is 0 Å². The van der Waals surface area contributed by atoms with Crippen molar-refractivity contribution in [1.29, 1.82) is 0 Å². The van der Waals surface area contributed by atoms with E-state index in [1.165, 1.54) is 0 Å². The van der Waals surface area contributed by atoms with E-state index in [2.05, 4.69) is 15.5 Å². The molecule has 0 spiro atoms. The summed E-state index contributed by atoms with van der Waals surface area (Å²) in [5.74, 6) is -0.336. The molecule has 3 rings (SSSR count). The van der Waals surface area contributed by atoms with Crippen molar-refractivity contribution in [2.45, 2.75) is 0 Å². The summed E-state index contributed by atoms with van der Waals surface area (Å²) in [4.78, 5) is 15.1. The van der Waals surface area contributed by atoms with Crippen molar-refractivity contribution in [3.8, 4) is 0 Å². The summed E-state index contributed by atoms with van der Waals surface area (Å²) in [6.07, 6.45) is 3.45. The molecule has 0 atom stereocenters. The van der Waals surface area contributed by atoms with Crippen molar-refractivity contribution in [3.63, 3.8) is 0 Å². The van der Waals surface area contributed by atoms with Gasteiger partial charge in [-0.25, -0.2) is 5.43 Å². The fourth-order valence-corrected chi connectivity index (χ4v) is 2.29. The summed E-state index contributed by atoms with van der Waals surface area (Å²) >= 11 is 5.96. The Labute approximate surface area is 126 Å². The summed E-state index contributed by atoms with van der Waals surface area (Å²) in [7, 11) is 0. The fraction of sp³-hybridized carbons (Fsp3) is 0. The molecule has 1 amide bonds. The van der Waals surface area contributed by atoms with E-state index >= 15 is 0 Å². The Morgan fingerprint density at radius 3 is 2.76 bits per heavy atom. The van der Waals surface area contributed by atoms with Crippen LogP contribution in [0.4, 0.5) is 0 Å². The third-order valence-corrected chi connectivity index (χ3v) is 3.44. The molecule has 0 saturated heterocycles. The Morgan fingerprint density at radius 1 is 1.14 bits per heavy atom. The first-order chi connectivity index (χ1) is 10.3. The van der Waals surface area contributed by atoms with Crippen LogP contribution in [0.2, 0.25) is 5.02 Å². The predicted octanol–water partition coefficient (Wildman–Crippen LogP) is 3.59. The van der Waals surface area contributed by atoms with Crippen LogP contribution in [0.5, 0.6) is 0 Å². The van der Waals surface area contributed by atoms with Crippen LogP contribution in [0.3, 0.4) is 0 Å². The molecule has 0 saturated carbocycles. The van der Waals surface area contributed by atoms with Crippen molar-refractivity contribution < 1.29 is 4.79 Å². The number of nitrogens with zero attached hydrogens (tertiary/aromatic N) is 1. The van der Waals surface area contributed by atoms with Crippen LogP contribution in [0.15, 0.2) is 59.8 Å². The molecule has 0 aliphatic heterocycles. The average Bonchev–Trinajstić information content (AvgIpc) is 2.91. The smallest absolute Gasteiger partial charge is 0.272 e. The predicted molar refractivity (Wildman–Crippen MR) is 84.8 cm³/mol. The third-order valence-electron chi connectivity index (χ3n) is 3.11. The van der Waals surface area contributed by atoms with Gasteiger partial charge in [0.05, 0.1) is 16.8 Å². The van der Waals surface area contributed by atoms with Gasteiger partial charge in [-0.1, -0.05) is 41.9 Å². The van der Waals surface area contributed by atoms with E-state index in [0.29, 0.717) is 10.6 Å². The first kappa shape index (κ1) is 13.4. The quantitative estimate of drug-likeness (QED) is 0.563. The van der Waals surface area contributed by atoms with Crippen LogP contribution in [-0.2, 0) is 0 Å². The summed E-state index contributed by atoms with van der Waals surface area (Å²) in [6.45, 7) is 0. The zero-order chi connectivity index (χ0) is 14.7. The number of para-hydroxylation sites is 1. The Kier molecular flexibility index (Phi) is 3.71. The highest BCUT2D eigenvalue weighted by Crippen LogP contribution is 2.16. The number of H-pyrrole nitrogens is 1. The number of hydrazone groups is 1. The fourth-order valence-electron chi connectivity index (χ4n) is 2.07. The zero-order valence-corrected chi connectivity index (χ0v) is 11.8. The largest absolute Gasteiger partial charge is 0.361 e. The summed E-state index contributed by atoms with van der Waals surface area (Å²) < 4.78 is 0. The molecule has 0 bridgehead atoms. The SMILES string of the molecule is O=C(N/N=C/c1c[nH]c2ccccc12)c1ccccc1Cl. The third kappa shape index (κ3) is 2.80. The molecule has 2 N–H and O–H groups in total. The summed E-state index contributed by atoms with van der Waals surface area (Å²) in [5.41, 5.74) is 4.81. The van der Waals surface area contributed by atoms with Gasteiger partial charge in [-0.2, -0.15) is 5.10 Å². The van der Waals surface area contributed by atoms with Gasteiger partial charge in [0.15, 0.2) is 0 Å². The Balaban J connectivity index is 1.76. The van der Waals surface area contributed by atoms with Crippen molar-refractivity contribution in [2.24, 2.45) is 5.10 Å². The van der Waals surface area contributed by atoms with E-state index in [1.807, 2.05) is 30.5 Å². The van der Waals surface area contributed by atoms with Crippen molar-refractivity contribution in [3.05, 3.63) is 70.9 Å². The highest BCUT2D eigenvalue weighted by molar-refractivity contribution is 6.33. The molecule has 0 fully saturated rings. The van der Waals surface area contributed by atoms with Crippen molar-refractivity contribution in [2.75, 3.05) is 0 Å². The second kappa shape index (κ2) is 5.81. The van der Waals surface area contributed by atoms with Gasteiger partial charge in [0, 0.05) is 22.7 Å². The van der Waals surface area contributed by atoms with Crippen LogP contribution >= 0.6 is 11.6 Å². The summed E-state index contributed by atoms with van der Waals surface area (Å²) in [5, 5.41) is 5.43. The normalized spacial score (nSPS) is 11.1. The molecular formula is C16H12ClN3O. The monoisotopic (exact) mass is 297 g/mol. The number of rotatable bonds is 3. The molecule has 0 radical (unpaired) electrons. The zero-order valence-electron chi connectivity index (χ0n) is 11.0. The van der Waals surface area contributed by atoms with E-state index < -0.39 is 0 Å². The van der Waals surface area contributed by atoms with E-state index in [4.69, 9.17) is 11.6 Å². The van der Waals surface area contributed by atoms with Crippen LogP contribution in [0, 0.1) is 0 Å². The topological polar surface area (TPSA) is 57.2 Å². The van der Waals surface area contributed by atoms with E-state index in [1.54, 1.807) is 30.5 Å². The summed E-state index contributed by atoms with van der Waals surface area (Å²) in [6, 6.07) is 14.7. The molecule has 21 heavy (non-hydrogen) atoms. The van der Waals surface area contributed by atoms with Crippen LogP contribution in [-0.4, -0.2) is 17.1 Å². The van der Waals surface area contributed by atoms with Gasteiger partial charge in [-0.05, 0) is 18.2 Å². The molecule has 1 aromatic heterocycles. The van der Waals surface area contributed by atoms with E-state index in [-0.39, 0.29) is 5.91 Å². The lowest BCUT2D eigenvalue weighted by Gasteiger charge is -2.01. The maximum absolute atomic E-state index is 11.9. The highest BCUT2D eigenvalue weighted by atomic mass is 35.5. The number of halogens is 1. The molecule has 5 heteroatoms. The number of aromatic nitrogens is 1. The molecule has 0 unspecified atom stereocenters. The Morgan fingerprint density at radius 2 is 1.90 bits per heavy atom. The molecule has 4 nitrogen and oxygen atoms in total.